The molecule has 1 atom stereocenters. The number of carbonyl (C=O) groups is 2. The van der Waals surface area contributed by atoms with E-state index in [4.69, 9.17) is 4.74 Å². The number of carbonyl (C=O) groups excluding carboxylic acids is 2. The van der Waals surface area contributed by atoms with Crippen molar-refractivity contribution in [2.75, 3.05) is 11.9 Å². The molecule has 8 nitrogen and oxygen atoms in total. The average molecular weight is 496 g/mol. The van der Waals surface area contributed by atoms with Crippen molar-refractivity contribution < 1.29 is 27.1 Å². The summed E-state index contributed by atoms with van der Waals surface area (Å²) in [7, 11) is -3.63. The summed E-state index contributed by atoms with van der Waals surface area (Å²) >= 11 is 0. The lowest BCUT2D eigenvalue weighted by Gasteiger charge is -2.18. The number of esters is 1. The van der Waals surface area contributed by atoms with Gasteiger partial charge >= 0.3 is 5.97 Å². The lowest BCUT2D eigenvalue weighted by atomic mass is 10.1. The molecule has 4 rings (SSSR count). The highest BCUT2D eigenvalue weighted by atomic mass is 32.2. The molecule has 3 aromatic rings. The van der Waals surface area contributed by atoms with E-state index in [-0.39, 0.29) is 30.1 Å². The maximum Gasteiger partial charge on any atom is 0.306 e. The first-order chi connectivity index (χ1) is 16.8. The first-order valence-corrected chi connectivity index (χ1v) is 12.3. The van der Waals surface area contributed by atoms with Crippen molar-refractivity contribution in [3.05, 3.63) is 95.8 Å². The molecule has 1 heterocycles. The van der Waals surface area contributed by atoms with Gasteiger partial charge in [0.25, 0.3) is 15.9 Å². The number of fused-ring (bicyclic) bond motifs is 1. The predicted molar refractivity (Wildman–Crippen MR) is 128 cm³/mol. The van der Waals surface area contributed by atoms with Crippen molar-refractivity contribution in [2.45, 2.75) is 23.8 Å². The number of sulfonamides is 1. The first kappa shape index (κ1) is 24.1. The summed E-state index contributed by atoms with van der Waals surface area (Å²) in [5.74, 6) is -1.39. The first-order valence-electron chi connectivity index (χ1n) is 10.8. The molecule has 1 aliphatic rings. The van der Waals surface area contributed by atoms with E-state index in [9.17, 15) is 22.4 Å². The van der Waals surface area contributed by atoms with E-state index in [1.807, 2.05) is 0 Å². The van der Waals surface area contributed by atoms with Crippen LogP contribution in [-0.2, 0) is 24.3 Å². The van der Waals surface area contributed by atoms with Crippen molar-refractivity contribution in [1.29, 1.82) is 0 Å². The Morgan fingerprint density at radius 2 is 1.66 bits per heavy atom. The van der Waals surface area contributed by atoms with Gasteiger partial charge in [-0.15, -0.1) is 0 Å². The smallest absolute Gasteiger partial charge is 0.306 e. The molecule has 1 unspecified atom stereocenters. The van der Waals surface area contributed by atoms with E-state index in [2.05, 4.69) is 15.0 Å². The normalized spacial score (nSPS) is 15.6. The molecule has 10 heteroatoms. The summed E-state index contributed by atoms with van der Waals surface area (Å²) in [5, 5.41) is 2.62. The van der Waals surface area contributed by atoms with Crippen LogP contribution in [0.2, 0.25) is 0 Å². The fraction of sp³-hybridized carbons (Fsp3) is 0.160. The van der Waals surface area contributed by atoms with Gasteiger partial charge in [-0.25, -0.2) is 12.8 Å². The maximum atomic E-state index is 13.2. The Bertz CT molecular complexity index is 1360. The van der Waals surface area contributed by atoms with Crippen molar-refractivity contribution >= 4 is 33.4 Å². The number of aliphatic imine (C=N–C) groups is 1. The zero-order valence-corrected chi connectivity index (χ0v) is 19.3. The summed E-state index contributed by atoms with van der Waals surface area (Å²) in [6, 6.07) is 20.3. The number of amides is 1. The van der Waals surface area contributed by atoms with Gasteiger partial charge in [0.05, 0.1) is 4.90 Å². The molecule has 0 saturated carbocycles. The highest BCUT2D eigenvalue weighted by Gasteiger charge is 2.30. The van der Waals surface area contributed by atoms with Crippen LogP contribution in [0.1, 0.15) is 30.1 Å². The summed E-state index contributed by atoms with van der Waals surface area (Å²) in [6.07, 6.45) is -0.945. The molecule has 0 bridgehead atoms. The van der Waals surface area contributed by atoms with Gasteiger partial charge in [-0.2, -0.15) is 0 Å². The van der Waals surface area contributed by atoms with Crippen LogP contribution in [0.4, 0.5) is 10.1 Å². The Balaban J connectivity index is 1.37. The highest BCUT2D eigenvalue weighted by molar-refractivity contribution is 7.90. The number of ether oxygens (including phenoxy) is 1. The number of hydrogen-bond acceptors (Lipinski definition) is 6. The van der Waals surface area contributed by atoms with Gasteiger partial charge in [0.15, 0.2) is 0 Å². The van der Waals surface area contributed by atoms with Gasteiger partial charge in [-0.3, -0.25) is 19.3 Å². The van der Waals surface area contributed by atoms with Gasteiger partial charge in [-0.05, 0) is 42.8 Å². The molecule has 3 aromatic carbocycles. The molecule has 35 heavy (non-hydrogen) atoms. The van der Waals surface area contributed by atoms with E-state index in [0.717, 1.165) is 0 Å². The number of anilines is 1. The Labute approximate surface area is 201 Å². The Morgan fingerprint density at radius 1 is 0.971 bits per heavy atom. The van der Waals surface area contributed by atoms with E-state index in [1.165, 1.54) is 30.3 Å². The molecule has 180 valence electrons. The Kier molecular flexibility index (Phi) is 7.21. The molecular weight excluding hydrogens is 473 g/mol. The van der Waals surface area contributed by atoms with Gasteiger partial charge in [0.1, 0.15) is 11.7 Å². The molecule has 0 aliphatic carbocycles. The number of benzene rings is 3. The molecule has 1 amide bonds. The van der Waals surface area contributed by atoms with E-state index in [1.54, 1.807) is 48.5 Å². The zero-order chi connectivity index (χ0) is 24.8. The zero-order valence-electron chi connectivity index (χ0n) is 18.5. The van der Waals surface area contributed by atoms with Crippen LogP contribution in [0.3, 0.4) is 0 Å². The lowest BCUT2D eigenvalue weighted by Crippen LogP contribution is -2.26. The van der Waals surface area contributed by atoms with Crippen LogP contribution in [0.5, 0.6) is 0 Å². The van der Waals surface area contributed by atoms with E-state index in [0.29, 0.717) is 16.8 Å². The Hall–Kier alpha value is -4.05. The lowest BCUT2D eigenvalue weighted by molar-refractivity contribution is -0.154. The van der Waals surface area contributed by atoms with Gasteiger partial charge in [0.2, 0.25) is 6.10 Å². The molecule has 0 aromatic heterocycles. The van der Waals surface area contributed by atoms with Gasteiger partial charge < -0.3 is 10.1 Å². The van der Waals surface area contributed by atoms with Crippen molar-refractivity contribution in [2.24, 2.45) is 4.99 Å². The number of rotatable bonds is 8. The van der Waals surface area contributed by atoms with Crippen molar-refractivity contribution in [3.63, 3.8) is 0 Å². The second-order valence-electron chi connectivity index (χ2n) is 7.71. The third kappa shape index (κ3) is 5.90. The number of hydrogen-bond donors (Lipinski definition) is 2. The summed E-state index contributed by atoms with van der Waals surface area (Å²) in [6.45, 7) is 0.180. The third-order valence-corrected chi connectivity index (χ3v) is 6.57. The standard InChI is InChI=1S/C25H22FN3O5S/c26-18-12-14-19(15-13-18)28-25(31)23(17-7-2-1-3-8-17)34-22(30)11-6-16-27-24-20-9-4-5-10-21(20)35(32,33)29-24/h1-5,7-10,12-15,23H,6,11,16H2,(H,27,29)(H,28,31). The minimum absolute atomic E-state index is 0.0294. The molecule has 0 radical (unpaired) electrons. The molecule has 0 fully saturated rings. The molecule has 0 saturated heterocycles. The minimum atomic E-state index is -3.63. The third-order valence-electron chi connectivity index (χ3n) is 5.17. The topological polar surface area (TPSA) is 114 Å². The van der Waals surface area contributed by atoms with Crippen LogP contribution in [0, 0.1) is 5.82 Å². The van der Waals surface area contributed by atoms with Gasteiger partial charge in [0, 0.05) is 29.8 Å². The summed E-state index contributed by atoms with van der Waals surface area (Å²) < 4.78 is 45.3. The molecule has 0 spiro atoms. The number of nitrogens with one attached hydrogen (secondary N) is 2. The SMILES string of the molecule is O=C(CCCN=C1NS(=O)(=O)c2ccccc21)OC(C(=O)Nc1ccc(F)cc1)c1ccccc1. The average Bonchev–Trinajstić information content (AvgIpc) is 3.12. The second-order valence-corrected chi connectivity index (χ2v) is 9.36. The Morgan fingerprint density at radius 3 is 2.40 bits per heavy atom. The van der Waals surface area contributed by atoms with E-state index >= 15 is 0 Å². The van der Waals surface area contributed by atoms with Gasteiger partial charge in [-0.1, -0.05) is 42.5 Å². The van der Waals surface area contributed by atoms with Crippen molar-refractivity contribution in [1.82, 2.24) is 4.72 Å². The van der Waals surface area contributed by atoms with Crippen LogP contribution < -0.4 is 10.0 Å². The second kappa shape index (κ2) is 10.5. The van der Waals surface area contributed by atoms with E-state index < -0.39 is 33.8 Å². The minimum Gasteiger partial charge on any atom is -0.447 e. The van der Waals surface area contributed by atoms with Crippen LogP contribution in [0.15, 0.2) is 88.8 Å². The van der Waals surface area contributed by atoms with Crippen LogP contribution >= 0.6 is 0 Å². The largest absolute Gasteiger partial charge is 0.447 e. The fourth-order valence-electron chi connectivity index (χ4n) is 3.50. The summed E-state index contributed by atoms with van der Waals surface area (Å²) in [5.41, 5.74) is 1.33. The fourth-order valence-corrected chi connectivity index (χ4v) is 4.75. The summed E-state index contributed by atoms with van der Waals surface area (Å²) in [4.78, 5) is 29.8. The van der Waals surface area contributed by atoms with Crippen LogP contribution in [-0.4, -0.2) is 32.7 Å². The quantitative estimate of drug-likeness (QED) is 0.366. The number of amidine groups is 1. The molecule has 2 N–H and O–H groups in total. The van der Waals surface area contributed by atoms with Crippen LogP contribution in [0.25, 0.3) is 0 Å². The predicted octanol–water partition coefficient (Wildman–Crippen LogP) is 3.57. The van der Waals surface area contributed by atoms with Crippen molar-refractivity contribution in [3.8, 4) is 0 Å². The highest BCUT2D eigenvalue weighted by Crippen LogP contribution is 2.23. The maximum absolute atomic E-state index is 13.2. The number of halogens is 1. The monoisotopic (exact) mass is 495 g/mol. The molecule has 1 aliphatic heterocycles. The molecular formula is C25H22FN3O5S. The number of nitrogens with zero attached hydrogens (tertiary/aromatic N) is 1.